The lowest BCUT2D eigenvalue weighted by Gasteiger charge is -2.49. The summed E-state index contributed by atoms with van der Waals surface area (Å²) >= 11 is 0. The molecule has 0 unspecified atom stereocenters. The van der Waals surface area contributed by atoms with Crippen LogP contribution in [-0.2, 0) is 15.0 Å². The van der Waals surface area contributed by atoms with Crippen LogP contribution in [0, 0.1) is 5.41 Å². The summed E-state index contributed by atoms with van der Waals surface area (Å²) in [6, 6.07) is 10.2. The van der Waals surface area contributed by atoms with Crippen molar-refractivity contribution in [2.45, 2.75) is 62.9 Å². The first-order chi connectivity index (χ1) is 13.1. The maximum Gasteiger partial charge on any atom is 0.233 e. The maximum absolute atomic E-state index is 13.8. The van der Waals surface area contributed by atoms with Gasteiger partial charge in [0, 0.05) is 19.6 Å². The number of piperidine rings is 2. The van der Waals surface area contributed by atoms with Gasteiger partial charge in [-0.3, -0.25) is 9.59 Å². The van der Waals surface area contributed by atoms with Gasteiger partial charge >= 0.3 is 0 Å². The number of likely N-dealkylation sites (tertiary alicyclic amines) is 1. The van der Waals surface area contributed by atoms with Crippen molar-refractivity contribution in [3.8, 4) is 0 Å². The normalized spacial score (nSPS) is 30.8. The molecule has 2 aliphatic heterocycles. The molecule has 27 heavy (non-hydrogen) atoms. The molecule has 3 fully saturated rings. The largest absolute Gasteiger partial charge is 0.392 e. The van der Waals surface area contributed by atoms with E-state index in [9.17, 15) is 14.7 Å². The molecule has 1 aliphatic carbocycles. The van der Waals surface area contributed by atoms with Crippen molar-refractivity contribution in [3.05, 3.63) is 35.9 Å². The number of nitrogens with zero attached hydrogens (tertiary/aromatic N) is 1. The van der Waals surface area contributed by atoms with Crippen LogP contribution in [0.15, 0.2) is 30.3 Å². The Morgan fingerprint density at radius 3 is 2.52 bits per heavy atom. The Morgan fingerprint density at radius 1 is 1.07 bits per heavy atom. The van der Waals surface area contributed by atoms with Crippen molar-refractivity contribution in [2.75, 3.05) is 19.6 Å². The minimum absolute atomic E-state index is 0.0869. The zero-order valence-corrected chi connectivity index (χ0v) is 16.0. The number of aliphatic hydroxyl groups is 1. The third-order valence-corrected chi connectivity index (χ3v) is 7.05. The predicted molar refractivity (Wildman–Crippen MR) is 103 cm³/mol. The fraction of sp³-hybridized carbons (Fsp3) is 0.636. The van der Waals surface area contributed by atoms with Crippen molar-refractivity contribution < 1.29 is 14.7 Å². The van der Waals surface area contributed by atoms with Crippen LogP contribution in [0.4, 0.5) is 0 Å². The van der Waals surface area contributed by atoms with Crippen molar-refractivity contribution in [1.29, 1.82) is 0 Å². The number of hydrogen-bond acceptors (Lipinski definition) is 3. The van der Waals surface area contributed by atoms with E-state index in [0.29, 0.717) is 32.5 Å². The molecule has 4 rings (SSSR count). The van der Waals surface area contributed by atoms with Gasteiger partial charge in [-0.15, -0.1) is 0 Å². The third kappa shape index (κ3) is 3.06. The number of aliphatic hydroxyl groups excluding tert-OH is 1. The van der Waals surface area contributed by atoms with E-state index in [4.69, 9.17) is 0 Å². The highest BCUT2D eigenvalue weighted by Crippen LogP contribution is 2.44. The average molecular weight is 370 g/mol. The summed E-state index contributed by atoms with van der Waals surface area (Å²) < 4.78 is 0. The van der Waals surface area contributed by atoms with Crippen LogP contribution in [0.25, 0.3) is 0 Å². The summed E-state index contributed by atoms with van der Waals surface area (Å²) in [5.41, 5.74) is -0.213. The molecule has 2 N–H and O–H groups in total. The Kier molecular flexibility index (Phi) is 4.97. The van der Waals surface area contributed by atoms with Crippen LogP contribution < -0.4 is 5.32 Å². The number of amides is 2. The van der Waals surface area contributed by atoms with Crippen LogP contribution in [0.3, 0.4) is 0 Å². The van der Waals surface area contributed by atoms with Crippen molar-refractivity contribution in [2.24, 2.45) is 5.41 Å². The average Bonchev–Trinajstić information content (AvgIpc) is 2.72. The fourth-order valence-electron chi connectivity index (χ4n) is 5.46. The van der Waals surface area contributed by atoms with Gasteiger partial charge < -0.3 is 15.3 Å². The lowest BCUT2D eigenvalue weighted by molar-refractivity contribution is -0.158. The van der Waals surface area contributed by atoms with Gasteiger partial charge in [0.2, 0.25) is 11.8 Å². The molecule has 2 atom stereocenters. The summed E-state index contributed by atoms with van der Waals surface area (Å²) in [5, 5.41) is 13.6. The number of hydrogen-bond donors (Lipinski definition) is 2. The highest BCUT2D eigenvalue weighted by molar-refractivity contribution is 5.90. The molecular formula is C22H30N2O3. The molecule has 1 aromatic carbocycles. The Balaban J connectivity index is 1.65. The molecule has 1 spiro atoms. The molecule has 3 aliphatic rings. The Bertz CT molecular complexity index is 699. The first-order valence-electron chi connectivity index (χ1n) is 10.4. The second-order valence-electron chi connectivity index (χ2n) is 8.56. The highest BCUT2D eigenvalue weighted by Gasteiger charge is 2.53. The van der Waals surface area contributed by atoms with Crippen LogP contribution in [0.2, 0.25) is 0 Å². The molecular weight excluding hydrogens is 340 g/mol. The number of rotatable bonds is 2. The van der Waals surface area contributed by atoms with E-state index < -0.39 is 16.9 Å². The summed E-state index contributed by atoms with van der Waals surface area (Å²) in [6.07, 6.45) is 6.35. The summed E-state index contributed by atoms with van der Waals surface area (Å²) in [4.78, 5) is 28.4. The van der Waals surface area contributed by atoms with Gasteiger partial charge in [0.1, 0.15) is 0 Å². The van der Waals surface area contributed by atoms with E-state index in [1.54, 1.807) is 0 Å². The van der Waals surface area contributed by atoms with Gasteiger partial charge in [-0.25, -0.2) is 0 Å². The van der Waals surface area contributed by atoms with E-state index >= 15 is 0 Å². The Hall–Kier alpha value is -1.88. The zero-order chi connectivity index (χ0) is 18.9. The van der Waals surface area contributed by atoms with Gasteiger partial charge in [-0.2, -0.15) is 0 Å². The smallest absolute Gasteiger partial charge is 0.233 e. The Morgan fingerprint density at radius 2 is 1.81 bits per heavy atom. The molecule has 0 radical (unpaired) electrons. The van der Waals surface area contributed by atoms with Gasteiger partial charge in [0.15, 0.2) is 0 Å². The third-order valence-electron chi connectivity index (χ3n) is 7.05. The maximum atomic E-state index is 13.8. The molecule has 1 saturated carbocycles. The number of carbonyl (C=O) groups is 2. The van der Waals surface area contributed by atoms with Gasteiger partial charge in [-0.05, 0) is 37.7 Å². The molecule has 0 aromatic heterocycles. The lowest BCUT2D eigenvalue weighted by atomic mass is 9.66. The van der Waals surface area contributed by atoms with Crippen molar-refractivity contribution >= 4 is 11.8 Å². The molecule has 2 saturated heterocycles. The SMILES string of the molecule is O=C(N1CC[C@H](O)[C@@]2(CCCNC2=O)C1)C1(c2ccccc2)CCCCC1. The molecule has 2 amide bonds. The lowest BCUT2D eigenvalue weighted by Crippen LogP contribution is -2.64. The van der Waals surface area contributed by atoms with E-state index in [2.05, 4.69) is 17.4 Å². The molecule has 2 heterocycles. The molecule has 0 bridgehead atoms. The first-order valence-corrected chi connectivity index (χ1v) is 10.4. The topological polar surface area (TPSA) is 69.6 Å². The first kappa shape index (κ1) is 18.5. The minimum Gasteiger partial charge on any atom is -0.392 e. The van der Waals surface area contributed by atoms with Crippen LogP contribution in [0.1, 0.15) is 56.9 Å². The van der Waals surface area contributed by atoms with Crippen LogP contribution in [0.5, 0.6) is 0 Å². The molecule has 5 nitrogen and oxygen atoms in total. The van der Waals surface area contributed by atoms with Crippen LogP contribution in [-0.4, -0.2) is 47.6 Å². The van der Waals surface area contributed by atoms with Crippen molar-refractivity contribution in [1.82, 2.24) is 10.2 Å². The fourth-order valence-corrected chi connectivity index (χ4v) is 5.46. The Labute approximate surface area is 161 Å². The zero-order valence-electron chi connectivity index (χ0n) is 16.0. The second kappa shape index (κ2) is 7.27. The number of nitrogens with one attached hydrogen (secondary N) is 1. The standard InChI is InChI=1S/C22H30N2O3/c25-18-10-15-24(16-22(18)13-7-14-23-19(22)26)20(27)21(11-5-2-6-12-21)17-8-3-1-4-9-17/h1,3-4,8-9,18,25H,2,5-7,10-16H2,(H,23,26)/t18-,22+/m0/s1. The quantitative estimate of drug-likeness (QED) is 0.840. The van der Waals surface area contributed by atoms with E-state index in [1.807, 2.05) is 23.1 Å². The highest BCUT2D eigenvalue weighted by atomic mass is 16.3. The van der Waals surface area contributed by atoms with Gasteiger partial charge in [0.05, 0.1) is 16.9 Å². The molecule has 5 heteroatoms. The summed E-state index contributed by atoms with van der Waals surface area (Å²) in [7, 11) is 0. The van der Waals surface area contributed by atoms with E-state index in [1.165, 1.54) is 6.42 Å². The number of carbonyl (C=O) groups excluding carboxylic acids is 2. The predicted octanol–water partition coefficient (Wildman–Crippen LogP) is 2.38. The van der Waals surface area contributed by atoms with Crippen molar-refractivity contribution in [3.63, 3.8) is 0 Å². The summed E-state index contributed by atoms with van der Waals surface area (Å²) in [6.45, 7) is 1.53. The summed E-state index contributed by atoms with van der Waals surface area (Å²) in [5.74, 6) is 0.0641. The molecule has 1 aromatic rings. The number of benzene rings is 1. The van der Waals surface area contributed by atoms with E-state index in [0.717, 1.165) is 37.7 Å². The van der Waals surface area contributed by atoms with E-state index in [-0.39, 0.29) is 11.8 Å². The second-order valence-corrected chi connectivity index (χ2v) is 8.56. The van der Waals surface area contributed by atoms with Gasteiger partial charge in [0.25, 0.3) is 0 Å². The van der Waals surface area contributed by atoms with Gasteiger partial charge in [-0.1, -0.05) is 49.6 Å². The monoisotopic (exact) mass is 370 g/mol. The minimum atomic E-state index is -0.835. The molecule has 146 valence electrons. The van der Waals surface area contributed by atoms with Crippen LogP contribution >= 0.6 is 0 Å².